The average Bonchev–Trinajstić information content (AvgIpc) is 2.92. The lowest BCUT2D eigenvalue weighted by atomic mass is 9.84. The summed E-state index contributed by atoms with van der Waals surface area (Å²) in [6, 6.07) is 10.4. The van der Waals surface area contributed by atoms with Crippen LogP contribution in [-0.4, -0.2) is 28.5 Å². The fourth-order valence-electron chi connectivity index (χ4n) is 3.59. The number of benzene rings is 2. The summed E-state index contributed by atoms with van der Waals surface area (Å²) in [6.07, 6.45) is 0. The number of ketones is 1. The molecule has 0 unspecified atom stereocenters. The van der Waals surface area contributed by atoms with Gasteiger partial charge in [-0.1, -0.05) is 30.8 Å². The normalized spacial score (nSPS) is 12.9. The van der Waals surface area contributed by atoms with Gasteiger partial charge < -0.3 is 14.4 Å². The highest BCUT2D eigenvalue weighted by atomic mass is 16.5. The van der Waals surface area contributed by atoms with Crippen molar-refractivity contribution >= 4 is 28.2 Å². The number of fused-ring (bicyclic) bond motifs is 4. The molecule has 2 aromatic carbocycles. The number of aromatic hydroxyl groups is 1. The number of esters is 1. The molecule has 0 fully saturated rings. The lowest BCUT2D eigenvalue weighted by molar-refractivity contribution is 0.0599. The van der Waals surface area contributed by atoms with E-state index in [1.807, 2.05) is 18.2 Å². The molecule has 1 aliphatic carbocycles. The number of phenols is 1. The number of carbonyl (C=O) groups excluding carboxylic acids is 2. The van der Waals surface area contributed by atoms with Crippen LogP contribution in [0.1, 0.15) is 37.5 Å². The Hall–Kier alpha value is -3.34. The van der Waals surface area contributed by atoms with Crippen LogP contribution in [0.15, 0.2) is 43.0 Å². The van der Waals surface area contributed by atoms with E-state index in [4.69, 9.17) is 4.74 Å². The van der Waals surface area contributed by atoms with E-state index < -0.39 is 5.97 Å². The van der Waals surface area contributed by atoms with Gasteiger partial charge in [-0.3, -0.25) is 4.79 Å². The SMILES string of the molecule is C=C1c2ccccc2C(=O)c2c1c1c(C(=O)OC)c(O)ccc1n2C. The molecule has 124 valence electrons. The molecule has 0 atom stereocenters. The minimum atomic E-state index is -0.657. The third-order valence-corrected chi connectivity index (χ3v) is 4.75. The Morgan fingerprint density at radius 3 is 2.52 bits per heavy atom. The third-order valence-electron chi connectivity index (χ3n) is 4.75. The first-order chi connectivity index (χ1) is 12.0. The summed E-state index contributed by atoms with van der Waals surface area (Å²) in [5.41, 5.74) is 3.68. The van der Waals surface area contributed by atoms with E-state index in [0.717, 1.165) is 5.56 Å². The fraction of sp³-hybridized carbons (Fsp3) is 0.100. The van der Waals surface area contributed by atoms with Crippen LogP contribution in [0.4, 0.5) is 0 Å². The van der Waals surface area contributed by atoms with Gasteiger partial charge in [-0.15, -0.1) is 0 Å². The van der Waals surface area contributed by atoms with Crippen molar-refractivity contribution in [3.8, 4) is 5.75 Å². The second-order valence-electron chi connectivity index (χ2n) is 5.98. The summed E-state index contributed by atoms with van der Waals surface area (Å²) in [7, 11) is 3.02. The van der Waals surface area contributed by atoms with E-state index in [1.165, 1.54) is 13.2 Å². The molecule has 1 aliphatic rings. The molecule has 1 N–H and O–H groups in total. The second-order valence-corrected chi connectivity index (χ2v) is 5.98. The summed E-state index contributed by atoms with van der Waals surface area (Å²) in [6.45, 7) is 4.15. The second kappa shape index (κ2) is 5.08. The summed E-state index contributed by atoms with van der Waals surface area (Å²) < 4.78 is 6.57. The van der Waals surface area contributed by atoms with Crippen molar-refractivity contribution < 1.29 is 19.4 Å². The zero-order valence-electron chi connectivity index (χ0n) is 13.8. The van der Waals surface area contributed by atoms with Crippen molar-refractivity contribution in [2.45, 2.75) is 0 Å². The standard InChI is InChI=1S/C20H15NO4/c1-10-11-6-4-5-7-12(11)19(23)18-15(10)16-13(21(18)2)8-9-14(22)17(16)20(24)25-3/h4-9,22H,1H2,2-3H3. The molecule has 0 bridgehead atoms. The highest BCUT2D eigenvalue weighted by molar-refractivity contribution is 6.24. The van der Waals surface area contributed by atoms with Gasteiger partial charge in [0.2, 0.25) is 5.78 Å². The van der Waals surface area contributed by atoms with Gasteiger partial charge in [0.05, 0.1) is 18.3 Å². The van der Waals surface area contributed by atoms with Crippen LogP contribution in [0.3, 0.4) is 0 Å². The molecule has 3 aromatic rings. The van der Waals surface area contributed by atoms with Crippen LogP contribution < -0.4 is 0 Å². The number of carbonyl (C=O) groups is 2. The first-order valence-corrected chi connectivity index (χ1v) is 7.73. The van der Waals surface area contributed by atoms with Gasteiger partial charge in [-0.2, -0.15) is 0 Å². The highest BCUT2D eigenvalue weighted by Gasteiger charge is 2.34. The van der Waals surface area contributed by atoms with E-state index in [1.54, 1.807) is 23.7 Å². The summed E-state index contributed by atoms with van der Waals surface area (Å²) >= 11 is 0. The molecular formula is C20H15NO4. The maximum absolute atomic E-state index is 13.0. The maximum Gasteiger partial charge on any atom is 0.342 e. The van der Waals surface area contributed by atoms with E-state index in [9.17, 15) is 14.7 Å². The first-order valence-electron chi connectivity index (χ1n) is 7.73. The minimum Gasteiger partial charge on any atom is -0.507 e. The number of aromatic nitrogens is 1. The van der Waals surface area contributed by atoms with E-state index in [2.05, 4.69) is 6.58 Å². The Balaban J connectivity index is 2.19. The van der Waals surface area contributed by atoms with Crippen molar-refractivity contribution in [3.63, 3.8) is 0 Å². The largest absolute Gasteiger partial charge is 0.507 e. The molecule has 0 amide bonds. The minimum absolute atomic E-state index is 0.0465. The Bertz CT molecular complexity index is 1100. The third kappa shape index (κ3) is 1.83. The van der Waals surface area contributed by atoms with Crippen molar-refractivity contribution in [2.75, 3.05) is 7.11 Å². The number of rotatable bonds is 1. The molecule has 1 heterocycles. The fourth-order valence-corrected chi connectivity index (χ4v) is 3.59. The van der Waals surface area contributed by atoms with Gasteiger partial charge in [0.15, 0.2) is 0 Å². The molecular weight excluding hydrogens is 318 g/mol. The van der Waals surface area contributed by atoms with Gasteiger partial charge in [-0.05, 0) is 23.3 Å². The molecule has 0 spiro atoms. The smallest absolute Gasteiger partial charge is 0.342 e. The Kier molecular flexibility index (Phi) is 3.09. The van der Waals surface area contributed by atoms with E-state index >= 15 is 0 Å². The van der Waals surface area contributed by atoms with Crippen molar-refractivity contribution in [1.29, 1.82) is 0 Å². The van der Waals surface area contributed by atoms with Crippen molar-refractivity contribution in [1.82, 2.24) is 4.57 Å². The zero-order valence-corrected chi connectivity index (χ0v) is 13.8. The molecule has 0 aliphatic heterocycles. The summed E-state index contributed by atoms with van der Waals surface area (Å²) in [4.78, 5) is 25.3. The summed E-state index contributed by atoms with van der Waals surface area (Å²) in [5, 5.41) is 10.7. The maximum atomic E-state index is 13.0. The predicted molar refractivity (Wildman–Crippen MR) is 93.9 cm³/mol. The van der Waals surface area contributed by atoms with Gasteiger partial charge in [-0.25, -0.2) is 4.79 Å². The van der Waals surface area contributed by atoms with E-state index in [0.29, 0.717) is 33.3 Å². The molecule has 5 nitrogen and oxygen atoms in total. The van der Waals surface area contributed by atoms with Gasteiger partial charge in [0, 0.05) is 23.6 Å². The Morgan fingerprint density at radius 2 is 1.84 bits per heavy atom. The number of nitrogens with zero attached hydrogens (tertiary/aromatic N) is 1. The van der Waals surface area contributed by atoms with Crippen LogP contribution in [0, 0.1) is 0 Å². The number of aryl methyl sites for hydroxylation is 1. The molecule has 1 aromatic heterocycles. The number of hydrogen-bond acceptors (Lipinski definition) is 4. The van der Waals surface area contributed by atoms with Crippen LogP contribution in [0.25, 0.3) is 16.5 Å². The van der Waals surface area contributed by atoms with E-state index in [-0.39, 0.29) is 17.1 Å². The topological polar surface area (TPSA) is 68.5 Å². The van der Waals surface area contributed by atoms with Crippen LogP contribution >= 0.6 is 0 Å². The molecule has 0 saturated heterocycles. The molecule has 5 heteroatoms. The first kappa shape index (κ1) is 15.2. The number of ether oxygens (including phenoxy) is 1. The Morgan fingerprint density at radius 1 is 1.16 bits per heavy atom. The summed E-state index contributed by atoms with van der Waals surface area (Å²) in [5.74, 6) is -0.977. The lowest BCUT2D eigenvalue weighted by Gasteiger charge is -2.19. The van der Waals surface area contributed by atoms with Gasteiger partial charge >= 0.3 is 5.97 Å². The van der Waals surface area contributed by atoms with Crippen molar-refractivity contribution in [3.05, 3.63) is 70.9 Å². The zero-order chi connectivity index (χ0) is 17.9. The van der Waals surface area contributed by atoms with Gasteiger partial charge in [0.1, 0.15) is 11.3 Å². The molecule has 0 radical (unpaired) electrons. The van der Waals surface area contributed by atoms with Crippen LogP contribution in [0.5, 0.6) is 5.75 Å². The number of methoxy groups -OCH3 is 1. The van der Waals surface area contributed by atoms with Crippen LogP contribution in [0.2, 0.25) is 0 Å². The monoisotopic (exact) mass is 333 g/mol. The Labute approximate surface area is 143 Å². The molecule has 25 heavy (non-hydrogen) atoms. The van der Waals surface area contributed by atoms with Crippen LogP contribution in [-0.2, 0) is 11.8 Å². The quantitative estimate of drug-likeness (QED) is 0.543. The lowest BCUT2D eigenvalue weighted by Crippen LogP contribution is -2.16. The molecule has 4 rings (SSSR count). The van der Waals surface area contributed by atoms with Gasteiger partial charge in [0.25, 0.3) is 0 Å². The number of hydrogen-bond donors (Lipinski definition) is 1. The number of phenolic OH excluding ortho intramolecular Hbond substituents is 1. The average molecular weight is 333 g/mol. The predicted octanol–water partition coefficient (Wildman–Crippen LogP) is 3.28. The molecule has 0 saturated carbocycles. The van der Waals surface area contributed by atoms with Crippen molar-refractivity contribution in [2.24, 2.45) is 7.05 Å². The highest BCUT2D eigenvalue weighted by Crippen LogP contribution is 2.43.